The minimum atomic E-state index is -0.169. The van der Waals surface area contributed by atoms with Crippen LogP contribution in [0.4, 0.5) is 11.4 Å². The Hall–Kier alpha value is -2.62. The topological polar surface area (TPSA) is 58.2 Å². The van der Waals surface area contributed by atoms with Gasteiger partial charge in [0.25, 0.3) is 5.91 Å². The van der Waals surface area contributed by atoms with E-state index in [1.165, 1.54) is 0 Å². The van der Waals surface area contributed by atoms with Crippen LogP contribution in [0.1, 0.15) is 43.0 Å². The number of nitrogens with one attached hydrogen (secondary N) is 2. The molecule has 0 saturated heterocycles. The van der Waals surface area contributed by atoms with Crippen LogP contribution in [0.15, 0.2) is 54.6 Å². The minimum absolute atomic E-state index is 0.00462. The van der Waals surface area contributed by atoms with Crippen LogP contribution >= 0.6 is 0 Å². The van der Waals surface area contributed by atoms with Gasteiger partial charge in [0.15, 0.2) is 0 Å². The number of amides is 2. The monoisotopic (exact) mass is 310 g/mol. The fraction of sp³-hybridized carbons (Fsp3) is 0.263. The zero-order valence-electron chi connectivity index (χ0n) is 13.3. The molecule has 0 heterocycles. The maximum absolute atomic E-state index is 12.1. The van der Waals surface area contributed by atoms with Gasteiger partial charge in [0, 0.05) is 23.4 Å². The van der Waals surface area contributed by atoms with Crippen molar-refractivity contribution in [1.82, 2.24) is 0 Å². The quantitative estimate of drug-likeness (QED) is 0.742. The number of unbranched alkanes of at least 4 members (excludes halogenated alkanes) is 2. The average molecular weight is 310 g/mol. The highest BCUT2D eigenvalue weighted by Crippen LogP contribution is 2.16. The molecule has 2 amide bonds. The first-order valence-corrected chi connectivity index (χ1v) is 7.95. The molecule has 0 fully saturated rings. The number of rotatable bonds is 7. The molecule has 4 nitrogen and oxygen atoms in total. The Kier molecular flexibility index (Phi) is 6.36. The van der Waals surface area contributed by atoms with Gasteiger partial charge < -0.3 is 10.6 Å². The summed E-state index contributed by atoms with van der Waals surface area (Å²) in [6.45, 7) is 2.11. The maximum Gasteiger partial charge on any atom is 0.255 e. The number of carbonyl (C=O) groups is 2. The lowest BCUT2D eigenvalue weighted by Crippen LogP contribution is -2.13. The Morgan fingerprint density at radius 2 is 1.57 bits per heavy atom. The lowest BCUT2D eigenvalue weighted by molar-refractivity contribution is -0.116. The van der Waals surface area contributed by atoms with Gasteiger partial charge >= 0.3 is 0 Å². The van der Waals surface area contributed by atoms with Crippen molar-refractivity contribution >= 4 is 23.2 Å². The average Bonchev–Trinajstić information content (AvgIpc) is 2.56. The van der Waals surface area contributed by atoms with Crippen molar-refractivity contribution in [1.29, 1.82) is 0 Å². The fourth-order valence-electron chi connectivity index (χ4n) is 2.23. The van der Waals surface area contributed by atoms with Crippen LogP contribution < -0.4 is 10.6 Å². The molecule has 2 aromatic carbocycles. The van der Waals surface area contributed by atoms with Crippen LogP contribution in [-0.4, -0.2) is 11.8 Å². The first-order valence-electron chi connectivity index (χ1n) is 7.95. The molecule has 4 heteroatoms. The summed E-state index contributed by atoms with van der Waals surface area (Å²) in [6, 6.07) is 16.2. The Balaban J connectivity index is 1.94. The summed E-state index contributed by atoms with van der Waals surface area (Å²) in [5.74, 6) is -0.165. The van der Waals surface area contributed by atoms with Gasteiger partial charge in [-0.1, -0.05) is 44.0 Å². The molecule has 0 atom stereocenters. The molecule has 2 N–H and O–H groups in total. The zero-order chi connectivity index (χ0) is 16.5. The Morgan fingerprint density at radius 3 is 2.26 bits per heavy atom. The number of hydrogen-bond acceptors (Lipinski definition) is 2. The van der Waals surface area contributed by atoms with E-state index in [0.717, 1.165) is 19.3 Å². The maximum atomic E-state index is 12.1. The third-order valence-electron chi connectivity index (χ3n) is 3.45. The molecule has 0 unspecified atom stereocenters. The predicted octanol–water partition coefficient (Wildman–Crippen LogP) is 4.46. The van der Waals surface area contributed by atoms with Gasteiger partial charge in [-0.3, -0.25) is 9.59 Å². The van der Waals surface area contributed by atoms with Gasteiger partial charge in [-0.25, -0.2) is 0 Å². The van der Waals surface area contributed by atoms with Crippen molar-refractivity contribution in [3.63, 3.8) is 0 Å². The van der Waals surface area contributed by atoms with Crippen LogP contribution in [0.3, 0.4) is 0 Å². The number of benzene rings is 2. The second-order valence-corrected chi connectivity index (χ2v) is 5.41. The van der Waals surface area contributed by atoms with Gasteiger partial charge in [-0.05, 0) is 36.8 Å². The van der Waals surface area contributed by atoms with E-state index in [-0.39, 0.29) is 11.8 Å². The Bertz CT molecular complexity index is 653. The van der Waals surface area contributed by atoms with Crippen molar-refractivity contribution in [3.05, 3.63) is 60.2 Å². The number of carbonyl (C=O) groups excluding carboxylic acids is 2. The molecule has 2 rings (SSSR count). The third-order valence-corrected chi connectivity index (χ3v) is 3.45. The minimum Gasteiger partial charge on any atom is -0.326 e. The van der Waals surface area contributed by atoms with E-state index in [0.29, 0.717) is 23.4 Å². The summed E-state index contributed by atoms with van der Waals surface area (Å²) < 4.78 is 0. The Morgan fingerprint density at radius 1 is 0.870 bits per heavy atom. The summed E-state index contributed by atoms with van der Waals surface area (Å²) in [7, 11) is 0. The first kappa shape index (κ1) is 16.7. The van der Waals surface area contributed by atoms with Crippen molar-refractivity contribution in [3.8, 4) is 0 Å². The van der Waals surface area contributed by atoms with Gasteiger partial charge in [0.2, 0.25) is 5.91 Å². The molecule has 0 saturated carbocycles. The second kappa shape index (κ2) is 8.73. The summed E-state index contributed by atoms with van der Waals surface area (Å²) in [6.07, 6.45) is 3.57. The van der Waals surface area contributed by atoms with E-state index < -0.39 is 0 Å². The summed E-state index contributed by atoms with van der Waals surface area (Å²) >= 11 is 0. The highest BCUT2D eigenvalue weighted by molar-refractivity contribution is 6.04. The molecule has 0 spiro atoms. The van der Waals surface area contributed by atoms with E-state index in [4.69, 9.17) is 0 Å². The predicted molar refractivity (Wildman–Crippen MR) is 93.6 cm³/mol. The molecule has 0 aromatic heterocycles. The molecular formula is C19H22N2O2. The van der Waals surface area contributed by atoms with Gasteiger partial charge in [-0.15, -0.1) is 0 Å². The van der Waals surface area contributed by atoms with Gasteiger partial charge in [-0.2, -0.15) is 0 Å². The van der Waals surface area contributed by atoms with Crippen molar-refractivity contribution in [2.45, 2.75) is 32.6 Å². The second-order valence-electron chi connectivity index (χ2n) is 5.41. The molecule has 0 bridgehead atoms. The smallest absolute Gasteiger partial charge is 0.255 e. The molecule has 0 radical (unpaired) electrons. The summed E-state index contributed by atoms with van der Waals surface area (Å²) in [4.78, 5) is 24.0. The molecule has 2 aromatic rings. The van der Waals surface area contributed by atoms with Crippen LogP contribution in [0.25, 0.3) is 0 Å². The van der Waals surface area contributed by atoms with E-state index in [2.05, 4.69) is 17.6 Å². The van der Waals surface area contributed by atoms with Crippen molar-refractivity contribution in [2.24, 2.45) is 0 Å². The standard InChI is InChI=1S/C19H22N2O2/c1-2-3-5-13-18(22)20-16-11-8-12-17(14-16)21-19(23)15-9-6-4-7-10-15/h4,6-12,14H,2-3,5,13H2,1H3,(H,20,22)(H,21,23). The SMILES string of the molecule is CCCCCC(=O)Nc1cccc(NC(=O)c2ccccc2)c1. The van der Waals surface area contributed by atoms with Crippen LogP contribution in [-0.2, 0) is 4.79 Å². The number of anilines is 2. The molecule has 0 aliphatic rings. The van der Waals surface area contributed by atoms with Gasteiger partial charge in [0.1, 0.15) is 0 Å². The summed E-state index contributed by atoms with van der Waals surface area (Å²) in [5, 5.41) is 5.70. The highest BCUT2D eigenvalue weighted by Gasteiger charge is 2.06. The first-order chi connectivity index (χ1) is 11.2. The van der Waals surface area contributed by atoms with Crippen molar-refractivity contribution in [2.75, 3.05) is 10.6 Å². The van der Waals surface area contributed by atoms with E-state index in [1.807, 2.05) is 30.3 Å². The van der Waals surface area contributed by atoms with Crippen LogP contribution in [0, 0.1) is 0 Å². The zero-order valence-corrected chi connectivity index (χ0v) is 13.3. The fourth-order valence-corrected chi connectivity index (χ4v) is 2.23. The van der Waals surface area contributed by atoms with Crippen molar-refractivity contribution < 1.29 is 9.59 Å². The summed E-state index contributed by atoms with van der Waals surface area (Å²) in [5.41, 5.74) is 1.95. The van der Waals surface area contributed by atoms with E-state index in [9.17, 15) is 9.59 Å². The largest absolute Gasteiger partial charge is 0.326 e. The Labute approximate surface area is 136 Å². The van der Waals surface area contributed by atoms with Crippen LogP contribution in [0.2, 0.25) is 0 Å². The highest BCUT2D eigenvalue weighted by atomic mass is 16.2. The molecule has 120 valence electrons. The third kappa shape index (κ3) is 5.58. The van der Waals surface area contributed by atoms with Crippen LogP contribution in [0.5, 0.6) is 0 Å². The lowest BCUT2D eigenvalue weighted by atomic mass is 10.2. The molecule has 0 aliphatic heterocycles. The molecule has 23 heavy (non-hydrogen) atoms. The van der Waals surface area contributed by atoms with E-state index in [1.54, 1.807) is 24.3 Å². The normalized spacial score (nSPS) is 10.1. The lowest BCUT2D eigenvalue weighted by Gasteiger charge is -2.09. The molecule has 0 aliphatic carbocycles. The van der Waals surface area contributed by atoms with E-state index >= 15 is 0 Å². The van der Waals surface area contributed by atoms with Gasteiger partial charge in [0.05, 0.1) is 0 Å². The number of hydrogen-bond donors (Lipinski definition) is 2. The molecular weight excluding hydrogens is 288 g/mol.